The predicted octanol–water partition coefficient (Wildman–Crippen LogP) is 2.66. The fourth-order valence-corrected chi connectivity index (χ4v) is 3.73. The largest absolute Gasteiger partial charge is 0.316 e. The highest BCUT2D eigenvalue weighted by atomic mass is 35.5. The van der Waals surface area contributed by atoms with Crippen molar-refractivity contribution in [3.05, 3.63) is 28.2 Å². The molecule has 2 rings (SSSR count). The minimum atomic E-state index is -3.51. The standard InChI is InChI=1S/C13H18Cl2N2O2S/c14-12-4-3-11(8-13(12)15)20(18,19)17-7-5-10-2-1-6-16-9-10/h3-4,8,10,16-17H,1-2,5-7,9H2. The van der Waals surface area contributed by atoms with Crippen molar-refractivity contribution >= 4 is 33.2 Å². The summed E-state index contributed by atoms with van der Waals surface area (Å²) in [6.07, 6.45) is 3.15. The molecule has 0 saturated carbocycles. The van der Waals surface area contributed by atoms with Crippen LogP contribution in [0.5, 0.6) is 0 Å². The highest BCUT2D eigenvalue weighted by molar-refractivity contribution is 7.89. The van der Waals surface area contributed by atoms with Crippen molar-refractivity contribution in [2.45, 2.75) is 24.2 Å². The summed E-state index contributed by atoms with van der Waals surface area (Å²) in [6, 6.07) is 4.32. The summed E-state index contributed by atoms with van der Waals surface area (Å²) in [5, 5.41) is 3.91. The van der Waals surface area contributed by atoms with Crippen LogP contribution in [0, 0.1) is 5.92 Å². The van der Waals surface area contributed by atoms with Gasteiger partial charge in [0.25, 0.3) is 0 Å². The summed E-state index contributed by atoms with van der Waals surface area (Å²) in [5.41, 5.74) is 0. The molecule has 112 valence electrons. The molecule has 0 amide bonds. The number of hydrogen-bond acceptors (Lipinski definition) is 3. The summed E-state index contributed by atoms with van der Waals surface area (Å²) in [7, 11) is -3.51. The van der Waals surface area contributed by atoms with Crippen LogP contribution in [0.15, 0.2) is 23.1 Å². The van der Waals surface area contributed by atoms with Crippen LogP contribution in [0.2, 0.25) is 10.0 Å². The van der Waals surface area contributed by atoms with Crippen LogP contribution < -0.4 is 10.0 Å². The lowest BCUT2D eigenvalue weighted by Crippen LogP contribution is -2.33. The topological polar surface area (TPSA) is 58.2 Å². The van der Waals surface area contributed by atoms with Gasteiger partial charge in [0, 0.05) is 6.54 Å². The Morgan fingerprint density at radius 2 is 2.10 bits per heavy atom. The highest BCUT2D eigenvalue weighted by Gasteiger charge is 2.17. The molecule has 1 atom stereocenters. The number of sulfonamides is 1. The van der Waals surface area contributed by atoms with E-state index in [2.05, 4.69) is 10.0 Å². The van der Waals surface area contributed by atoms with Gasteiger partial charge >= 0.3 is 0 Å². The van der Waals surface area contributed by atoms with Crippen LogP contribution in [0.4, 0.5) is 0 Å². The maximum Gasteiger partial charge on any atom is 0.240 e. The number of benzene rings is 1. The molecule has 1 aliphatic heterocycles. The van der Waals surface area contributed by atoms with E-state index in [1.807, 2.05) is 0 Å². The smallest absolute Gasteiger partial charge is 0.240 e. The van der Waals surface area contributed by atoms with Crippen LogP contribution in [-0.4, -0.2) is 28.1 Å². The van der Waals surface area contributed by atoms with Gasteiger partial charge in [-0.3, -0.25) is 0 Å². The van der Waals surface area contributed by atoms with E-state index in [0.29, 0.717) is 17.5 Å². The van der Waals surface area contributed by atoms with E-state index in [-0.39, 0.29) is 9.92 Å². The Morgan fingerprint density at radius 1 is 1.30 bits per heavy atom. The van der Waals surface area contributed by atoms with Crippen molar-refractivity contribution in [2.24, 2.45) is 5.92 Å². The molecule has 20 heavy (non-hydrogen) atoms. The summed E-state index contributed by atoms with van der Waals surface area (Å²) in [5.74, 6) is 0.542. The van der Waals surface area contributed by atoms with Crippen molar-refractivity contribution in [1.82, 2.24) is 10.0 Å². The number of hydrogen-bond donors (Lipinski definition) is 2. The van der Waals surface area contributed by atoms with E-state index in [4.69, 9.17) is 23.2 Å². The lowest BCUT2D eigenvalue weighted by Gasteiger charge is -2.22. The van der Waals surface area contributed by atoms with Gasteiger partial charge in [-0.1, -0.05) is 23.2 Å². The van der Waals surface area contributed by atoms with Crippen LogP contribution in [-0.2, 0) is 10.0 Å². The molecule has 7 heteroatoms. The summed E-state index contributed by atoms with van der Waals surface area (Å²) in [6.45, 7) is 2.47. The fraction of sp³-hybridized carbons (Fsp3) is 0.538. The van der Waals surface area contributed by atoms with E-state index < -0.39 is 10.0 Å². The molecule has 1 aromatic rings. The zero-order valence-electron chi connectivity index (χ0n) is 11.0. The molecule has 0 spiro atoms. The molecular weight excluding hydrogens is 319 g/mol. The van der Waals surface area contributed by atoms with Gasteiger partial charge in [-0.15, -0.1) is 0 Å². The average Bonchev–Trinajstić information content (AvgIpc) is 2.43. The fourth-order valence-electron chi connectivity index (χ4n) is 2.30. The van der Waals surface area contributed by atoms with Gasteiger partial charge in [-0.05, 0) is 56.5 Å². The zero-order chi connectivity index (χ0) is 14.6. The van der Waals surface area contributed by atoms with Gasteiger partial charge in [0.05, 0.1) is 14.9 Å². The Hall–Kier alpha value is -0.330. The van der Waals surface area contributed by atoms with Gasteiger partial charge in [-0.25, -0.2) is 13.1 Å². The SMILES string of the molecule is O=S(=O)(NCCC1CCCNC1)c1ccc(Cl)c(Cl)c1. The zero-order valence-corrected chi connectivity index (χ0v) is 13.4. The van der Waals surface area contributed by atoms with Crippen molar-refractivity contribution in [3.8, 4) is 0 Å². The highest BCUT2D eigenvalue weighted by Crippen LogP contribution is 2.24. The van der Waals surface area contributed by atoms with Crippen molar-refractivity contribution in [3.63, 3.8) is 0 Å². The molecule has 0 radical (unpaired) electrons. The maximum atomic E-state index is 12.1. The number of piperidine rings is 1. The lowest BCUT2D eigenvalue weighted by atomic mass is 9.96. The van der Waals surface area contributed by atoms with Gasteiger partial charge in [0.1, 0.15) is 0 Å². The first-order chi connectivity index (χ1) is 9.49. The Morgan fingerprint density at radius 3 is 2.75 bits per heavy atom. The van der Waals surface area contributed by atoms with Crippen LogP contribution in [0.3, 0.4) is 0 Å². The van der Waals surface area contributed by atoms with E-state index in [9.17, 15) is 8.42 Å². The van der Waals surface area contributed by atoms with E-state index in [1.54, 1.807) is 0 Å². The van der Waals surface area contributed by atoms with Crippen molar-refractivity contribution < 1.29 is 8.42 Å². The summed E-state index contributed by atoms with van der Waals surface area (Å²) in [4.78, 5) is 0.147. The average molecular weight is 337 g/mol. The van der Waals surface area contributed by atoms with Crippen LogP contribution in [0.1, 0.15) is 19.3 Å². The number of nitrogens with one attached hydrogen (secondary N) is 2. The summed E-state index contributed by atoms with van der Waals surface area (Å²) >= 11 is 11.6. The van der Waals surface area contributed by atoms with E-state index in [0.717, 1.165) is 32.4 Å². The van der Waals surface area contributed by atoms with Crippen molar-refractivity contribution in [2.75, 3.05) is 19.6 Å². The third-order valence-electron chi connectivity index (χ3n) is 3.44. The van der Waals surface area contributed by atoms with Crippen molar-refractivity contribution in [1.29, 1.82) is 0 Å². The minimum Gasteiger partial charge on any atom is -0.316 e. The van der Waals surface area contributed by atoms with Gasteiger partial charge in [-0.2, -0.15) is 0 Å². The third-order valence-corrected chi connectivity index (χ3v) is 5.64. The summed E-state index contributed by atoms with van der Waals surface area (Å²) < 4.78 is 26.8. The van der Waals surface area contributed by atoms with E-state index >= 15 is 0 Å². The monoisotopic (exact) mass is 336 g/mol. The van der Waals surface area contributed by atoms with E-state index in [1.165, 1.54) is 18.2 Å². The normalized spacial score (nSPS) is 20.0. The predicted molar refractivity (Wildman–Crippen MR) is 81.9 cm³/mol. The Kier molecular flexibility index (Phi) is 5.69. The minimum absolute atomic E-state index is 0.147. The van der Waals surface area contributed by atoms with Gasteiger partial charge < -0.3 is 5.32 Å². The second-order valence-electron chi connectivity index (χ2n) is 4.97. The number of halogens is 2. The molecule has 1 heterocycles. The first-order valence-electron chi connectivity index (χ1n) is 6.64. The van der Waals surface area contributed by atoms with Crippen LogP contribution >= 0.6 is 23.2 Å². The molecule has 0 aromatic heterocycles. The molecule has 1 saturated heterocycles. The third kappa shape index (κ3) is 4.33. The molecular formula is C13H18Cl2N2O2S. The van der Waals surface area contributed by atoms with Gasteiger partial charge in [0.2, 0.25) is 10.0 Å². The molecule has 1 aliphatic rings. The lowest BCUT2D eigenvalue weighted by molar-refractivity contribution is 0.358. The quantitative estimate of drug-likeness (QED) is 0.868. The molecule has 0 aliphatic carbocycles. The molecule has 1 fully saturated rings. The Bertz CT molecular complexity index is 557. The first kappa shape index (κ1) is 16.0. The number of rotatable bonds is 5. The molecule has 2 N–H and O–H groups in total. The second-order valence-corrected chi connectivity index (χ2v) is 7.56. The Labute approximate surface area is 129 Å². The van der Waals surface area contributed by atoms with Gasteiger partial charge in [0.15, 0.2) is 0 Å². The Balaban J connectivity index is 1.91. The molecule has 1 aromatic carbocycles. The molecule has 0 bridgehead atoms. The molecule has 1 unspecified atom stereocenters. The molecule has 4 nitrogen and oxygen atoms in total. The van der Waals surface area contributed by atoms with Crippen LogP contribution in [0.25, 0.3) is 0 Å². The second kappa shape index (κ2) is 7.09. The maximum absolute atomic E-state index is 12.1. The first-order valence-corrected chi connectivity index (χ1v) is 8.88.